The predicted molar refractivity (Wildman–Crippen MR) is 139 cm³/mol. The van der Waals surface area contributed by atoms with Crippen LogP contribution in [0.1, 0.15) is 41.9 Å². The van der Waals surface area contributed by atoms with Crippen molar-refractivity contribution in [3.63, 3.8) is 0 Å². The third-order valence-corrected chi connectivity index (χ3v) is 8.18. The number of aryl methyl sites for hydroxylation is 1. The molecule has 9 nitrogen and oxygen atoms in total. The molecule has 0 aliphatic carbocycles. The molecule has 2 aliphatic rings. The highest BCUT2D eigenvalue weighted by Gasteiger charge is 2.42. The molecule has 10 heteroatoms. The lowest BCUT2D eigenvalue weighted by atomic mass is 9.77. The van der Waals surface area contributed by atoms with Crippen LogP contribution in [0.3, 0.4) is 0 Å². The highest BCUT2D eigenvalue weighted by molar-refractivity contribution is 7.98. The molecule has 194 valence electrons. The fourth-order valence-electron chi connectivity index (χ4n) is 5.21. The van der Waals surface area contributed by atoms with Gasteiger partial charge in [-0.2, -0.15) is 4.98 Å². The first kappa shape index (κ1) is 25.3. The summed E-state index contributed by atoms with van der Waals surface area (Å²) in [6.45, 7) is 2.92. The van der Waals surface area contributed by atoms with Crippen molar-refractivity contribution < 1.29 is 18.8 Å². The Labute approximate surface area is 220 Å². The van der Waals surface area contributed by atoms with Gasteiger partial charge in [-0.05, 0) is 67.3 Å². The highest BCUT2D eigenvalue weighted by atomic mass is 32.2. The van der Waals surface area contributed by atoms with Crippen LogP contribution in [0, 0.1) is 5.41 Å². The van der Waals surface area contributed by atoms with E-state index in [1.807, 2.05) is 52.5 Å². The molecule has 2 amide bonds. The summed E-state index contributed by atoms with van der Waals surface area (Å²) >= 11 is 1.49. The number of thioether (sulfide) groups is 1. The van der Waals surface area contributed by atoms with Crippen molar-refractivity contribution in [1.82, 2.24) is 24.9 Å². The Morgan fingerprint density at radius 2 is 1.81 bits per heavy atom. The number of methoxy groups -OCH3 is 1. The summed E-state index contributed by atoms with van der Waals surface area (Å²) in [4.78, 5) is 38.7. The molecule has 0 radical (unpaired) electrons. The van der Waals surface area contributed by atoms with Crippen LogP contribution < -0.4 is 4.74 Å². The minimum absolute atomic E-state index is 0.0480. The second-order valence-corrected chi connectivity index (χ2v) is 10.5. The molecule has 37 heavy (non-hydrogen) atoms. The van der Waals surface area contributed by atoms with Crippen molar-refractivity contribution in [2.75, 3.05) is 39.5 Å². The first-order valence-electron chi connectivity index (χ1n) is 12.5. The molecular formula is C27H31N5O4S. The molecular weight excluding hydrogens is 490 g/mol. The highest BCUT2D eigenvalue weighted by Crippen LogP contribution is 2.41. The number of likely N-dealkylation sites (tertiary alicyclic amines) is 2. The summed E-state index contributed by atoms with van der Waals surface area (Å²) in [5.74, 6) is 1.88. The maximum absolute atomic E-state index is 13.1. The van der Waals surface area contributed by atoms with E-state index in [2.05, 4.69) is 15.1 Å². The van der Waals surface area contributed by atoms with Crippen molar-refractivity contribution in [1.29, 1.82) is 0 Å². The number of piperidine rings is 1. The summed E-state index contributed by atoms with van der Waals surface area (Å²) in [6.07, 6.45) is 7.20. The van der Waals surface area contributed by atoms with Crippen molar-refractivity contribution in [2.24, 2.45) is 5.41 Å². The molecule has 3 aromatic rings. The van der Waals surface area contributed by atoms with Crippen LogP contribution in [-0.4, -0.2) is 76.3 Å². The van der Waals surface area contributed by atoms with Gasteiger partial charge in [0.15, 0.2) is 0 Å². The SMILES string of the molecule is COc1ccc(-c2noc(CCC(=O)N3CCC4(CCN(C(=O)c5cccnc5SC)CC4)C3)n2)cc1. The standard InChI is InChI=1S/C27H31N5O4S/c1-35-20-7-5-19(6-8-20)24-29-22(36-30-24)9-10-23(33)32-17-13-27(18-32)11-15-31(16-12-27)26(34)21-4-3-14-28-25(21)37-2/h3-8,14H,9-13,15-18H2,1-2H3. The number of amides is 2. The summed E-state index contributed by atoms with van der Waals surface area (Å²) in [5, 5.41) is 4.82. The van der Waals surface area contributed by atoms with E-state index in [-0.39, 0.29) is 17.2 Å². The van der Waals surface area contributed by atoms with Gasteiger partial charge in [0.1, 0.15) is 10.8 Å². The van der Waals surface area contributed by atoms with Crippen molar-refractivity contribution in [3.8, 4) is 17.1 Å². The van der Waals surface area contributed by atoms with E-state index in [0.29, 0.717) is 43.2 Å². The lowest BCUT2D eigenvalue weighted by molar-refractivity contribution is -0.130. The zero-order chi connectivity index (χ0) is 25.8. The second-order valence-electron chi connectivity index (χ2n) is 9.66. The zero-order valence-electron chi connectivity index (χ0n) is 21.2. The Bertz CT molecular complexity index is 1250. The van der Waals surface area contributed by atoms with Gasteiger partial charge in [-0.15, -0.1) is 11.8 Å². The molecule has 5 rings (SSSR count). The molecule has 0 atom stereocenters. The van der Waals surface area contributed by atoms with Gasteiger partial charge in [0.05, 0.1) is 12.7 Å². The number of benzene rings is 1. The maximum Gasteiger partial charge on any atom is 0.256 e. The molecule has 0 N–H and O–H groups in total. The van der Waals surface area contributed by atoms with Gasteiger partial charge < -0.3 is 19.1 Å². The Hall–Kier alpha value is -3.40. The fourth-order valence-corrected chi connectivity index (χ4v) is 5.75. The number of hydrogen-bond donors (Lipinski definition) is 0. The van der Waals surface area contributed by atoms with Gasteiger partial charge in [-0.1, -0.05) is 5.16 Å². The summed E-state index contributed by atoms with van der Waals surface area (Å²) in [5.41, 5.74) is 1.60. The van der Waals surface area contributed by atoms with Crippen LogP contribution in [0.15, 0.2) is 52.1 Å². The molecule has 2 aliphatic heterocycles. The molecule has 1 spiro atoms. The van der Waals surface area contributed by atoms with Gasteiger partial charge in [0, 0.05) is 50.8 Å². The largest absolute Gasteiger partial charge is 0.497 e. The van der Waals surface area contributed by atoms with E-state index < -0.39 is 0 Å². The van der Waals surface area contributed by atoms with Gasteiger partial charge in [0.25, 0.3) is 5.91 Å². The Balaban J connectivity index is 1.11. The maximum atomic E-state index is 13.1. The predicted octanol–water partition coefficient (Wildman–Crippen LogP) is 3.95. The van der Waals surface area contributed by atoms with E-state index >= 15 is 0 Å². The van der Waals surface area contributed by atoms with Crippen molar-refractivity contribution in [3.05, 3.63) is 54.0 Å². The molecule has 1 aromatic carbocycles. The number of rotatable bonds is 7. The monoisotopic (exact) mass is 521 g/mol. The first-order chi connectivity index (χ1) is 18.0. The number of hydrogen-bond acceptors (Lipinski definition) is 8. The molecule has 0 saturated carbocycles. The second kappa shape index (κ2) is 10.9. The molecule has 2 saturated heterocycles. The molecule has 2 aromatic heterocycles. The van der Waals surface area contributed by atoms with Gasteiger partial charge in [0.2, 0.25) is 17.6 Å². The number of pyridine rings is 1. The number of ether oxygens (including phenoxy) is 1. The Morgan fingerprint density at radius 1 is 1.08 bits per heavy atom. The smallest absolute Gasteiger partial charge is 0.256 e. The summed E-state index contributed by atoms with van der Waals surface area (Å²) < 4.78 is 10.6. The lowest BCUT2D eigenvalue weighted by Gasteiger charge is -2.39. The molecule has 2 fully saturated rings. The minimum atomic E-state index is 0.0480. The van der Waals surface area contributed by atoms with Crippen molar-refractivity contribution in [2.45, 2.75) is 37.1 Å². The number of nitrogens with zero attached hydrogens (tertiary/aromatic N) is 5. The first-order valence-corrected chi connectivity index (χ1v) is 13.8. The molecule has 4 heterocycles. The third-order valence-electron chi connectivity index (χ3n) is 7.47. The van der Waals surface area contributed by atoms with Crippen LogP contribution in [-0.2, 0) is 11.2 Å². The topological polar surface area (TPSA) is 102 Å². The summed E-state index contributed by atoms with van der Waals surface area (Å²) in [6, 6.07) is 11.1. The number of aromatic nitrogens is 3. The van der Waals surface area contributed by atoms with Crippen LogP contribution in [0.25, 0.3) is 11.4 Å². The van der Waals surface area contributed by atoms with E-state index in [0.717, 1.165) is 48.7 Å². The van der Waals surface area contributed by atoms with Crippen LogP contribution in [0.2, 0.25) is 0 Å². The van der Waals surface area contributed by atoms with E-state index in [1.165, 1.54) is 11.8 Å². The zero-order valence-corrected chi connectivity index (χ0v) is 22.0. The van der Waals surface area contributed by atoms with Crippen molar-refractivity contribution >= 4 is 23.6 Å². The van der Waals surface area contributed by atoms with Crippen LogP contribution >= 0.6 is 11.8 Å². The van der Waals surface area contributed by atoms with Gasteiger partial charge >= 0.3 is 0 Å². The average molecular weight is 522 g/mol. The lowest BCUT2D eigenvalue weighted by Crippen LogP contribution is -2.44. The van der Waals surface area contributed by atoms with Crippen LogP contribution in [0.4, 0.5) is 0 Å². The minimum Gasteiger partial charge on any atom is -0.497 e. The van der Waals surface area contributed by atoms with E-state index in [4.69, 9.17) is 9.26 Å². The Kier molecular flexibility index (Phi) is 7.45. The molecule has 0 bridgehead atoms. The normalized spacial score (nSPS) is 16.8. The van der Waals surface area contributed by atoms with E-state index in [1.54, 1.807) is 13.3 Å². The number of carbonyl (C=O) groups is 2. The molecule has 0 unspecified atom stereocenters. The summed E-state index contributed by atoms with van der Waals surface area (Å²) in [7, 11) is 1.62. The number of carbonyl (C=O) groups excluding carboxylic acids is 2. The third kappa shape index (κ3) is 5.49. The van der Waals surface area contributed by atoms with E-state index in [9.17, 15) is 9.59 Å². The fraction of sp³-hybridized carbons (Fsp3) is 0.444. The quantitative estimate of drug-likeness (QED) is 0.431. The van der Waals surface area contributed by atoms with Gasteiger partial charge in [-0.3, -0.25) is 9.59 Å². The Morgan fingerprint density at radius 3 is 2.51 bits per heavy atom. The average Bonchev–Trinajstić information content (AvgIpc) is 3.60. The van der Waals surface area contributed by atoms with Crippen LogP contribution in [0.5, 0.6) is 5.75 Å². The van der Waals surface area contributed by atoms with Gasteiger partial charge in [-0.25, -0.2) is 4.98 Å².